The lowest BCUT2D eigenvalue weighted by atomic mass is 9.79. The van der Waals surface area contributed by atoms with E-state index in [1.807, 2.05) is 0 Å². The summed E-state index contributed by atoms with van der Waals surface area (Å²) in [7, 11) is 0. The fraction of sp³-hybridized carbons (Fsp3) is 0.769. The second-order valence-corrected chi connectivity index (χ2v) is 5.34. The quantitative estimate of drug-likeness (QED) is 0.486. The van der Waals surface area contributed by atoms with Gasteiger partial charge in [-0.1, -0.05) is 6.58 Å². The Labute approximate surface area is 122 Å². The average Bonchev–Trinajstić information content (AvgIpc) is 2.38. The van der Waals surface area contributed by atoms with Crippen molar-refractivity contribution in [1.29, 1.82) is 0 Å². The molecular formula is C13H16F6O3. The highest BCUT2D eigenvalue weighted by Crippen LogP contribution is 2.48. The molecule has 0 aromatic rings. The van der Waals surface area contributed by atoms with Crippen LogP contribution in [0, 0.1) is 5.92 Å². The topological polar surface area (TPSA) is 46.5 Å². The first kappa shape index (κ1) is 18.8. The zero-order valence-corrected chi connectivity index (χ0v) is 11.5. The highest BCUT2D eigenvalue weighted by atomic mass is 19.4. The second-order valence-electron chi connectivity index (χ2n) is 5.34. The summed E-state index contributed by atoms with van der Waals surface area (Å²) >= 11 is 0. The molecule has 1 aliphatic rings. The summed E-state index contributed by atoms with van der Waals surface area (Å²) in [6, 6.07) is 0. The molecule has 0 heterocycles. The summed E-state index contributed by atoms with van der Waals surface area (Å²) < 4.78 is 80.5. The number of hydrogen-bond acceptors (Lipinski definition) is 3. The van der Waals surface area contributed by atoms with Crippen LogP contribution in [-0.4, -0.2) is 35.1 Å². The van der Waals surface area contributed by atoms with Gasteiger partial charge in [-0.15, -0.1) is 0 Å². The maximum Gasteiger partial charge on any atom is 0.426 e. The van der Waals surface area contributed by atoms with Crippen molar-refractivity contribution in [2.75, 3.05) is 0 Å². The van der Waals surface area contributed by atoms with Gasteiger partial charge in [-0.3, -0.25) is 0 Å². The first-order chi connectivity index (χ1) is 9.90. The minimum atomic E-state index is -5.79. The van der Waals surface area contributed by atoms with Crippen LogP contribution in [0.2, 0.25) is 0 Å². The van der Waals surface area contributed by atoms with Gasteiger partial charge in [0.25, 0.3) is 5.60 Å². The fourth-order valence-electron chi connectivity index (χ4n) is 2.48. The predicted molar refractivity (Wildman–Crippen MR) is 63.7 cm³/mol. The predicted octanol–water partition coefficient (Wildman–Crippen LogP) is 3.52. The molecule has 0 radical (unpaired) electrons. The van der Waals surface area contributed by atoms with Crippen molar-refractivity contribution in [2.45, 2.75) is 56.2 Å². The van der Waals surface area contributed by atoms with Gasteiger partial charge in [-0.2, -0.15) is 26.3 Å². The van der Waals surface area contributed by atoms with E-state index in [4.69, 9.17) is 9.84 Å². The molecule has 0 saturated heterocycles. The number of ether oxygens (including phenoxy) is 1. The monoisotopic (exact) mass is 334 g/mol. The SMILES string of the molecule is C=CC(=O)OC1CCC(CC(O)(C(F)(F)F)C(F)(F)F)CC1. The van der Waals surface area contributed by atoms with E-state index in [2.05, 4.69) is 6.58 Å². The Morgan fingerprint density at radius 1 is 1.09 bits per heavy atom. The molecular weight excluding hydrogens is 318 g/mol. The maximum atomic E-state index is 12.6. The van der Waals surface area contributed by atoms with Crippen molar-refractivity contribution in [2.24, 2.45) is 5.92 Å². The lowest BCUT2D eigenvalue weighted by Gasteiger charge is -2.37. The molecule has 0 amide bonds. The molecule has 1 rings (SSSR count). The van der Waals surface area contributed by atoms with Gasteiger partial charge >= 0.3 is 18.3 Å². The lowest BCUT2D eigenvalue weighted by molar-refractivity contribution is -0.373. The number of carbonyl (C=O) groups is 1. The van der Waals surface area contributed by atoms with Crippen LogP contribution in [0.5, 0.6) is 0 Å². The zero-order chi connectivity index (χ0) is 17.2. The molecule has 0 aromatic heterocycles. The number of alkyl halides is 6. The van der Waals surface area contributed by atoms with Crippen LogP contribution in [-0.2, 0) is 9.53 Å². The first-order valence-corrected chi connectivity index (χ1v) is 6.59. The third-order valence-electron chi connectivity index (χ3n) is 3.77. The van der Waals surface area contributed by atoms with Crippen molar-refractivity contribution in [3.05, 3.63) is 12.7 Å². The number of rotatable bonds is 4. The average molecular weight is 334 g/mol. The summed E-state index contributed by atoms with van der Waals surface area (Å²) in [4.78, 5) is 11.0. The number of carbonyl (C=O) groups excluding carboxylic acids is 1. The Bertz CT molecular complexity index is 393. The molecule has 0 bridgehead atoms. The van der Waals surface area contributed by atoms with Crippen molar-refractivity contribution in [3.8, 4) is 0 Å². The van der Waals surface area contributed by atoms with Crippen LogP contribution in [0.4, 0.5) is 26.3 Å². The summed E-state index contributed by atoms with van der Waals surface area (Å²) in [6.45, 7) is 3.19. The van der Waals surface area contributed by atoms with E-state index >= 15 is 0 Å². The molecule has 9 heteroatoms. The number of hydrogen-bond donors (Lipinski definition) is 1. The molecule has 0 aliphatic heterocycles. The molecule has 0 atom stereocenters. The van der Waals surface area contributed by atoms with Crippen molar-refractivity contribution in [3.63, 3.8) is 0 Å². The fourth-order valence-corrected chi connectivity index (χ4v) is 2.48. The van der Waals surface area contributed by atoms with Crippen molar-refractivity contribution in [1.82, 2.24) is 0 Å². The standard InChI is InChI=1S/C13H16F6O3/c1-2-10(20)22-9-5-3-8(4-6-9)7-11(21,12(14,15)16)13(17,18)19/h2,8-9,21H,1,3-7H2. The van der Waals surface area contributed by atoms with Gasteiger partial charge in [-0.05, 0) is 38.0 Å². The number of aliphatic hydroxyl groups is 1. The number of halogens is 6. The maximum absolute atomic E-state index is 12.6. The van der Waals surface area contributed by atoms with Gasteiger partial charge in [0.15, 0.2) is 0 Å². The van der Waals surface area contributed by atoms with Crippen LogP contribution in [0.15, 0.2) is 12.7 Å². The van der Waals surface area contributed by atoms with E-state index in [0.717, 1.165) is 6.08 Å². The highest BCUT2D eigenvalue weighted by molar-refractivity contribution is 5.81. The van der Waals surface area contributed by atoms with Gasteiger partial charge in [-0.25, -0.2) is 4.79 Å². The Kier molecular flexibility index (Phi) is 5.53. The normalized spacial score (nSPS) is 24.0. The molecule has 1 saturated carbocycles. The Morgan fingerprint density at radius 2 is 1.55 bits per heavy atom. The summed E-state index contributed by atoms with van der Waals surface area (Å²) in [5.74, 6) is -1.64. The van der Waals surface area contributed by atoms with Gasteiger partial charge in [0.05, 0.1) is 0 Å². The van der Waals surface area contributed by atoms with Gasteiger partial charge in [0.1, 0.15) is 6.10 Å². The molecule has 1 fully saturated rings. The lowest BCUT2D eigenvalue weighted by Crippen LogP contribution is -2.58. The molecule has 22 heavy (non-hydrogen) atoms. The van der Waals surface area contributed by atoms with E-state index in [-0.39, 0.29) is 25.7 Å². The van der Waals surface area contributed by atoms with Crippen LogP contribution in [0.3, 0.4) is 0 Å². The molecule has 3 nitrogen and oxygen atoms in total. The first-order valence-electron chi connectivity index (χ1n) is 6.59. The van der Waals surface area contributed by atoms with E-state index in [1.165, 1.54) is 0 Å². The number of esters is 1. The Balaban J connectivity index is 2.68. The molecule has 0 spiro atoms. The van der Waals surface area contributed by atoms with Gasteiger partial charge in [0.2, 0.25) is 0 Å². The third-order valence-corrected chi connectivity index (χ3v) is 3.77. The molecule has 0 aromatic carbocycles. The Hall–Kier alpha value is -1.25. The van der Waals surface area contributed by atoms with Gasteiger partial charge in [0, 0.05) is 6.08 Å². The van der Waals surface area contributed by atoms with Crippen LogP contribution in [0.1, 0.15) is 32.1 Å². The molecule has 128 valence electrons. The van der Waals surface area contributed by atoms with Crippen LogP contribution in [0.25, 0.3) is 0 Å². The summed E-state index contributed by atoms with van der Waals surface area (Å²) in [6.07, 6.45) is -12.3. The molecule has 1 aliphatic carbocycles. The Morgan fingerprint density at radius 3 is 1.91 bits per heavy atom. The third kappa shape index (κ3) is 4.15. The summed E-state index contributed by atoms with van der Waals surface area (Å²) in [5.41, 5.74) is -4.71. The van der Waals surface area contributed by atoms with E-state index in [9.17, 15) is 31.1 Å². The zero-order valence-electron chi connectivity index (χ0n) is 11.5. The minimum Gasteiger partial charge on any atom is -0.459 e. The van der Waals surface area contributed by atoms with E-state index < -0.39 is 42.4 Å². The summed E-state index contributed by atoms with van der Waals surface area (Å²) in [5, 5.41) is 9.14. The van der Waals surface area contributed by atoms with E-state index in [0.29, 0.717) is 0 Å². The molecule has 0 unspecified atom stereocenters. The highest BCUT2D eigenvalue weighted by Gasteiger charge is 2.70. The smallest absolute Gasteiger partial charge is 0.426 e. The van der Waals surface area contributed by atoms with E-state index in [1.54, 1.807) is 0 Å². The molecule has 1 N–H and O–H groups in total. The van der Waals surface area contributed by atoms with Crippen molar-refractivity contribution < 1.29 is 41.0 Å². The van der Waals surface area contributed by atoms with Gasteiger partial charge < -0.3 is 9.84 Å². The van der Waals surface area contributed by atoms with Crippen molar-refractivity contribution >= 4 is 5.97 Å². The second kappa shape index (κ2) is 6.47. The minimum absolute atomic E-state index is 0.00353. The largest absolute Gasteiger partial charge is 0.459 e. The van der Waals surface area contributed by atoms with Crippen LogP contribution < -0.4 is 0 Å². The van der Waals surface area contributed by atoms with Crippen LogP contribution >= 0.6 is 0 Å².